The Bertz CT molecular complexity index is 521. The third kappa shape index (κ3) is 6.26. The lowest BCUT2D eigenvalue weighted by Gasteiger charge is -2.22. The molecule has 0 aromatic carbocycles. The van der Waals surface area contributed by atoms with Gasteiger partial charge in [0.15, 0.2) is 0 Å². The topological polar surface area (TPSA) is 42.0 Å². The number of hydrogen-bond acceptors (Lipinski definition) is 2. The Hall–Kier alpha value is -0.590. The van der Waals surface area contributed by atoms with Crippen molar-refractivity contribution >= 4 is 22.6 Å². The molecule has 0 bridgehead atoms. The van der Waals surface area contributed by atoms with E-state index in [1.807, 2.05) is 27.7 Å². The van der Waals surface area contributed by atoms with Crippen LogP contribution in [0.1, 0.15) is 52.7 Å². The molecule has 0 radical (unpaired) electrons. The second-order valence-corrected chi connectivity index (χ2v) is 8.79. The number of alkyl halides is 2. The standard InChI is InChI=1S/C15H23ClF2N2OS/c1-11(20-22(21)14(2,3)4)6-5-8-15(17,18)13-10-12(16)7-9-19-13/h7,9-11,20H,5-6,8H2,1-4H3/t11-,22+/m0/s1. The van der Waals surface area contributed by atoms with Crippen molar-refractivity contribution in [1.82, 2.24) is 9.71 Å². The molecule has 0 unspecified atom stereocenters. The third-order valence-corrected chi connectivity index (χ3v) is 5.05. The second-order valence-electron chi connectivity index (χ2n) is 6.36. The lowest BCUT2D eigenvalue weighted by molar-refractivity contribution is -0.0203. The maximum Gasteiger partial charge on any atom is 0.289 e. The van der Waals surface area contributed by atoms with Crippen LogP contribution in [0.25, 0.3) is 0 Å². The first-order valence-electron chi connectivity index (χ1n) is 7.20. The molecule has 1 aromatic heterocycles. The number of aromatic nitrogens is 1. The Kier molecular flexibility index (Phi) is 6.89. The van der Waals surface area contributed by atoms with Gasteiger partial charge in [-0.2, -0.15) is 8.78 Å². The van der Waals surface area contributed by atoms with Crippen molar-refractivity contribution in [3.63, 3.8) is 0 Å². The second kappa shape index (κ2) is 7.79. The predicted octanol–water partition coefficient (Wildman–Crippen LogP) is 4.44. The normalized spacial score (nSPS) is 15.6. The molecule has 1 rings (SSSR count). The minimum Gasteiger partial charge on any atom is -0.255 e. The van der Waals surface area contributed by atoms with Crippen molar-refractivity contribution in [1.29, 1.82) is 0 Å². The fourth-order valence-electron chi connectivity index (χ4n) is 1.78. The van der Waals surface area contributed by atoms with Crippen LogP contribution < -0.4 is 4.72 Å². The Morgan fingerprint density at radius 1 is 1.41 bits per heavy atom. The fraction of sp³-hybridized carbons (Fsp3) is 0.667. The highest BCUT2D eigenvalue weighted by molar-refractivity contribution is 7.84. The van der Waals surface area contributed by atoms with E-state index in [0.717, 1.165) is 0 Å². The van der Waals surface area contributed by atoms with Gasteiger partial charge in [-0.3, -0.25) is 4.98 Å². The quantitative estimate of drug-likeness (QED) is 0.788. The maximum atomic E-state index is 14.0. The van der Waals surface area contributed by atoms with Gasteiger partial charge in [0.1, 0.15) is 5.69 Å². The Morgan fingerprint density at radius 3 is 2.59 bits per heavy atom. The van der Waals surface area contributed by atoms with Gasteiger partial charge in [0.2, 0.25) is 0 Å². The van der Waals surface area contributed by atoms with E-state index in [1.54, 1.807) is 0 Å². The number of rotatable bonds is 7. The predicted molar refractivity (Wildman–Crippen MR) is 87.5 cm³/mol. The molecular weight excluding hydrogens is 330 g/mol. The number of hydrogen-bond donors (Lipinski definition) is 1. The first kappa shape index (κ1) is 19.5. The molecule has 0 aliphatic rings. The van der Waals surface area contributed by atoms with Gasteiger partial charge in [0.25, 0.3) is 5.92 Å². The van der Waals surface area contributed by atoms with Crippen LogP contribution in [0.3, 0.4) is 0 Å². The van der Waals surface area contributed by atoms with Crippen LogP contribution in [0.4, 0.5) is 8.78 Å². The molecule has 3 nitrogen and oxygen atoms in total. The van der Waals surface area contributed by atoms with Gasteiger partial charge in [-0.25, -0.2) is 8.93 Å². The lowest BCUT2D eigenvalue weighted by Crippen LogP contribution is -2.38. The zero-order valence-corrected chi connectivity index (χ0v) is 14.9. The van der Waals surface area contributed by atoms with Crippen LogP contribution in [0.5, 0.6) is 0 Å². The molecule has 0 fully saturated rings. The Balaban J connectivity index is 2.47. The van der Waals surface area contributed by atoms with Gasteiger partial charge in [-0.1, -0.05) is 11.6 Å². The average molecular weight is 353 g/mol. The van der Waals surface area contributed by atoms with Crippen molar-refractivity contribution in [2.75, 3.05) is 0 Å². The number of nitrogens with zero attached hydrogens (tertiary/aromatic N) is 1. The monoisotopic (exact) mass is 352 g/mol. The Labute approximate surface area is 138 Å². The maximum absolute atomic E-state index is 14.0. The summed E-state index contributed by atoms with van der Waals surface area (Å²) in [5, 5.41) is 0.250. The van der Waals surface area contributed by atoms with E-state index in [-0.39, 0.29) is 27.9 Å². The van der Waals surface area contributed by atoms with Crippen molar-refractivity contribution in [2.24, 2.45) is 0 Å². The van der Waals surface area contributed by atoms with Crippen LogP contribution in [0, 0.1) is 0 Å². The van der Waals surface area contributed by atoms with Gasteiger partial charge in [0.05, 0.1) is 15.7 Å². The zero-order chi connectivity index (χ0) is 17.0. The fourth-order valence-corrected chi connectivity index (χ4v) is 2.78. The molecule has 0 aliphatic heterocycles. The largest absolute Gasteiger partial charge is 0.289 e. The molecule has 0 aliphatic carbocycles. The molecule has 126 valence electrons. The summed E-state index contributed by atoms with van der Waals surface area (Å²) in [5.74, 6) is -3.01. The highest BCUT2D eigenvalue weighted by atomic mass is 35.5. The first-order valence-corrected chi connectivity index (χ1v) is 8.73. The van der Waals surface area contributed by atoms with E-state index in [0.29, 0.717) is 12.8 Å². The number of pyridine rings is 1. The first-order chi connectivity index (χ1) is 10.0. The number of nitrogens with one attached hydrogen (secondary N) is 1. The van der Waals surface area contributed by atoms with Crippen molar-refractivity contribution in [2.45, 2.75) is 63.7 Å². The van der Waals surface area contributed by atoms with Crippen molar-refractivity contribution in [3.05, 3.63) is 29.0 Å². The molecule has 0 amide bonds. The average Bonchev–Trinajstić information content (AvgIpc) is 2.37. The molecule has 0 spiro atoms. The molecule has 2 atom stereocenters. The van der Waals surface area contributed by atoms with E-state index in [4.69, 9.17) is 11.6 Å². The smallest absolute Gasteiger partial charge is 0.255 e. The van der Waals surface area contributed by atoms with Gasteiger partial charge in [0, 0.05) is 23.7 Å². The summed E-state index contributed by atoms with van der Waals surface area (Å²) >= 11 is 5.72. The van der Waals surface area contributed by atoms with E-state index in [2.05, 4.69) is 9.71 Å². The van der Waals surface area contributed by atoms with Gasteiger partial charge < -0.3 is 0 Å². The van der Waals surface area contributed by atoms with E-state index in [1.165, 1.54) is 18.3 Å². The third-order valence-electron chi connectivity index (χ3n) is 3.09. The molecular formula is C15H23ClF2N2OS. The summed E-state index contributed by atoms with van der Waals surface area (Å²) in [6, 6.07) is 2.57. The van der Waals surface area contributed by atoms with E-state index >= 15 is 0 Å². The van der Waals surface area contributed by atoms with Crippen LogP contribution >= 0.6 is 11.6 Å². The minimum atomic E-state index is -3.01. The summed E-state index contributed by atoms with van der Waals surface area (Å²) in [7, 11) is -1.20. The highest BCUT2D eigenvalue weighted by Crippen LogP contribution is 2.33. The van der Waals surface area contributed by atoms with Gasteiger partial charge >= 0.3 is 0 Å². The molecule has 1 heterocycles. The van der Waals surface area contributed by atoms with Gasteiger partial charge in [-0.05, 0) is 52.7 Å². The van der Waals surface area contributed by atoms with E-state index < -0.39 is 16.9 Å². The molecule has 1 aromatic rings. The summed E-state index contributed by atoms with van der Waals surface area (Å²) < 4.78 is 42.6. The van der Waals surface area contributed by atoms with Crippen LogP contribution in [-0.4, -0.2) is 20.0 Å². The van der Waals surface area contributed by atoms with E-state index in [9.17, 15) is 13.0 Å². The summed E-state index contributed by atoms with van der Waals surface area (Å²) in [5.41, 5.74) is -0.307. The summed E-state index contributed by atoms with van der Waals surface area (Å²) in [4.78, 5) is 3.69. The molecule has 0 saturated heterocycles. The molecule has 22 heavy (non-hydrogen) atoms. The minimum absolute atomic E-state index is 0.0943. The van der Waals surface area contributed by atoms with Crippen LogP contribution in [-0.2, 0) is 16.9 Å². The van der Waals surface area contributed by atoms with Gasteiger partial charge in [-0.15, -0.1) is 0 Å². The van der Waals surface area contributed by atoms with Crippen molar-refractivity contribution in [3.8, 4) is 0 Å². The van der Waals surface area contributed by atoms with Crippen LogP contribution in [0.2, 0.25) is 5.02 Å². The highest BCUT2D eigenvalue weighted by Gasteiger charge is 2.33. The molecule has 7 heteroatoms. The molecule has 0 saturated carbocycles. The van der Waals surface area contributed by atoms with Crippen LogP contribution in [0.15, 0.2) is 18.3 Å². The Morgan fingerprint density at radius 2 is 2.05 bits per heavy atom. The molecule has 1 N–H and O–H groups in total. The number of halogens is 3. The summed E-state index contributed by atoms with van der Waals surface area (Å²) in [6.07, 6.45) is 1.78. The van der Waals surface area contributed by atoms with Crippen molar-refractivity contribution < 1.29 is 13.0 Å². The SMILES string of the molecule is C[C@@H](CCCC(F)(F)c1cc(Cl)ccn1)N[S@](=O)C(C)(C)C. The lowest BCUT2D eigenvalue weighted by atomic mass is 10.1. The zero-order valence-electron chi connectivity index (χ0n) is 13.3. The summed E-state index contributed by atoms with van der Waals surface area (Å²) in [6.45, 7) is 7.44.